The molecular formula is C20H28N4O. The Labute approximate surface area is 149 Å². The maximum absolute atomic E-state index is 12.1. The number of aromatic nitrogens is 2. The van der Waals surface area contributed by atoms with Crippen LogP contribution in [0.3, 0.4) is 0 Å². The first-order valence-corrected chi connectivity index (χ1v) is 9.55. The third-order valence-electron chi connectivity index (χ3n) is 6.25. The van der Waals surface area contributed by atoms with Crippen LogP contribution in [-0.2, 0) is 4.79 Å². The lowest BCUT2D eigenvalue weighted by Gasteiger charge is -2.56. The Morgan fingerprint density at radius 1 is 1.40 bits per heavy atom. The van der Waals surface area contributed by atoms with Crippen LogP contribution in [0.2, 0.25) is 0 Å². The summed E-state index contributed by atoms with van der Waals surface area (Å²) in [6.45, 7) is 6.73. The molecular weight excluding hydrogens is 312 g/mol. The van der Waals surface area contributed by atoms with E-state index < -0.39 is 0 Å². The highest BCUT2D eigenvalue weighted by atomic mass is 16.2. The molecule has 5 heteroatoms. The van der Waals surface area contributed by atoms with Gasteiger partial charge >= 0.3 is 0 Å². The van der Waals surface area contributed by atoms with Gasteiger partial charge in [-0.3, -0.25) is 14.8 Å². The van der Waals surface area contributed by atoms with E-state index in [2.05, 4.69) is 45.1 Å². The molecule has 2 heterocycles. The largest absolute Gasteiger partial charge is 0.335 e. The van der Waals surface area contributed by atoms with E-state index in [0.29, 0.717) is 6.04 Å². The normalized spacial score (nSPS) is 29.2. The van der Waals surface area contributed by atoms with Crippen molar-refractivity contribution in [1.82, 2.24) is 20.0 Å². The van der Waals surface area contributed by atoms with E-state index in [4.69, 9.17) is 0 Å². The van der Waals surface area contributed by atoms with Crippen LogP contribution in [0, 0.1) is 0 Å². The number of hydrogen-bond donors (Lipinski definition) is 1. The monoisotopic (exact) mass is 340 g/mol. The number of allylic oxidation sites excluding steroid dienone is 1. The van der Waals surface area contributed by atoms with Crippen molar-refractivity contribution in [3.8, 4) is 0 Å². The van der Waals surface area contributed by atoms with Crippen molar-refractivity contribution in [2.24, 2.45) is 0 Å². The number of nitrogens with zero attached hydrogens (tertiary/aromatic N) is 3. The topological polar surface area (TPSA) is 52.2 Å². The molecule has 25 heavy (non-hydrogen) atoms. The predicted molar refractivity (Wildman–Crippen MR) is 99.1 cm³/mol. The van der Waals surface area contributed by atoms with Crippen LogP contribution in [0.15, 0.2) is 17.8 Å². The predicted octanol–water partition coefficient (Wildman–Crippen LogP) is 1.17. The highest BCUT2D eigenvalue weighted by molar-refractivity contribution is 5.74. The molecule has 4 rings (SSSR count). The second-order valence-corrected chi connectivity index (χ2v) is 7.70. The summed E-state index contributed by atoms with van der Waals surface area (Å²) < 4.78 is 0. The molecule has 134 valence electrons. The molecule has 5 nitrogen and oxygen atoms in total. The Bertz CT molecular complexity index is 802. The number of hydrogen-bond acceptors (Lipinski definition) is 3. The molecule has 0 aromatic carbocycles. The molecule has 1 unspecified atom stereocenters. The summed E-state index contributed by atoms with van der Waals surface area (Å²) >= 11 is 0. The summed E-state index contributed by atoms with van der Waals surface area (Å²) in [5, 5.41) is 9.67. The van der Waals surface area contributed by atoms with Crippen molar-refractivity contribution in [3.05, 3.63) is 28.4 Å². The van der Waals surface area contributed by atoms with Crippen LogP contribution in [-0.4, -0.2) is 57.1 Å². The van der Waals surface area contributed by atoms with Gasteiger partial charge in [-0.1, -0.05) is 24.6 Å². The Hall–Kier alpha value is -1.88. The molecule has 0 bridgehead atoms. The average molecular weight is 340 g/mol. The minimum absolute atomic E-state index is 0.0863. The van der Waals surface area contributed by atoms with Crippen LogP contribution in [0.5, 0.6) is 0 Å². The molecule has 1 spiro atoms. The molecule has 1 aromatic heterocycles. The summed E-state index contributed by atoms with van der Waals surface area (Å²) in [5.41, 5.74) is 1.45. The zero-order valence-corrected chi connectivity index (χ0v) is 15.3. The van der Waals surface area contributed by atoms with E-state index in [0.717, 1.165) is 50.7 Å². The van der Waals surface area contributed by atoms with Crippen molar-refractivity contribution in [2.75, 3.05) is 19.6 Å². The first kappa shape index (κ1) is 16.6. The number of piperazine rings is 1. The van der Waals surface area contributed by atoms with Gasteiger partial charge in [-0.15, -0.1) is 0 Å². The third-order valence-corrected chi connectivity index (χ3v) is 6.25. The van der Waals surface area contributed by atoms with Crippen molar-refractivity contribution >= 4 is 18.1 Å². The number of fused-ring (bicyclic) bond motifs is 1. The number of amides is 1. The SMILES string of the molecule is CCC1=C/CC(N2CCN(C(C)=O)C3(CCC3)C2)C=c2cn[nH]\c2=C\1. The van der Waals surface area contributed by atoms with E-state index in [1.54, 1.807) is 6.92 Å². The number of rotatable bonds is 2. The van der Waals surface area contributed by atoms with Crippen LogP contribution in [0.4, 0.5) is 0 Å². The average Bonchev–Trinajstić information content (AvgIpc) is 2.98. The van der Waals surface area contributed by atoms with Crippen molar-refractivity contribution in [2.45, 2.75) is 57.5 Å². The summed E-state index contributed by atoms with van der Waals surface area (Å²) in [5.74, 6) is 0.237. The Morgan fingerprint density at radius 2 is 2.24 bits per heavy atom. The van der Waals surface area contributed by atoms with E-state index in [1.165, 1.54) is 17.2 Å². The molecule has 3 aliphatic rings. The minimum atomic E-state index is 0.0863. The first-order valence-electron chi connectivity index (χ1n) is 9.55. The van der Waals surface area contributed by atoms with Crippen LogP contribution >= 0.6 is 0 Å². The Kier molecular flexibility index (Phi) is 4.28. The summed E-state index contributed by atoms with van der Waals surface area (Å²) in [4.78, 5) is 16.8. The fraction of sp³-hybridized carbons (Fsp3) is 0.600. The van der Waals surface area contributed by atoms with Gasteiger partial charge in [0.2, 0.25) is 5.91 Å². The van der Waals surface area contributed by atoms with Crippen LogP contribution in [0.25, 0.3) is 12.2 Å². The van der Waals surface area contributed by atoms with Gasteiger partial charge in [0.25, 0.3) is 0 Å². The van der Waals surface area contributed by atoms with Crippen LogP contribution < -0.4 is 10.6 Å². The summed E-state index contributed by atoms with van der Waals surface area (Å²) in [6, 6.07) is 0.373. The number of carbonyl (C=O) groups is 1. The zero-order valence-electron chi connectivity index (χ0n) is 15.3. The van der Waals surface area contributed by atoms with Gasteiger partial charge in [0.1, 0.15) is 0 Å². The summed E-state index contributed by atoms with van der Waals surface area (Å²) in [6.07, 6.45) is 14.5. The summed E-state index contributed by atoms with van der Waals surface area (Å²) in [7, 11) is 0. The van der Waals surface area contributed by atoms with Gasteiger partial charge in [-0.05, 0) is 38.2 Å². The van der Waals surface area contributed by atoms with Gasteiger partial charge in [0.05, 0.1) is 17.1 Å². The van der Waals surface area contributed by atoms with Crippen molar-refractivity contribution in [1.29, 1.82) is 0 Å². The molecule has 1 N–H and O–H groups in total. The number of aromatic amines is 1. The molecule has 2 aliphatic carbocycles. The third kappa shape index (κ3) is 2.95. The van der Waals surface area contributed by atoms with Crippen molar-refractivity contribution < 1.29 is 4.79 Å². The van der Waals surface area contributed by atoms with E-state index in [9.17, 15) is 4.79 Å². The smallest absolute Gasteiger partial charge is 0.219 e. The van der Waals surface area contributed by atoms with Crippen molar-refractivity contribution in [3.63, 3.8) is 0 Å². The van der Waals surface area contributed by atoms with E-state index in [-0.39, 0.29) is 11.4 Å². The standard InChI is InChI=1S/C20H28N4O/c1-3-16-5-6-18(12-17-13-21-22-19(17)11-16)23-9-10-24(15(2)25)20(14-23)7-4-8-20/h5,11-13,18,22H,3-4,6-10,14H2,1-2H3/b16-5-,17-12?,19-11+. The zero-order chi connectivity index (χ0) is 17.4. The van der Waals surface area contributed by atoms with Gasteiger partial charge in [-0.2, -0.15) is 5.10 Å². The maximum atomic E-state index is 12.1. The lowest BCUT2D eigenvalue weighted by atomic mass is 9.73. The fourth-order valence-corrected chi connectivity index (χ4v) is 4.64. The fourth-order valence-electron chi connectivity index (χ4n) is 4.64. The molecule has 1 amide bonds. The molecule has 2 fully saturated rings. The highest BCUT2D eigenvalue weighted by Crippen LogP contribution is 2.41. The molecule has 0 radical (unpaired) electrons. The van der Waals surface area contributed by atoms with Gasteiger partial charge in [-0.25, -0.2) is 0 Å². The molecule has 1 saturated heterocycles. The quantitative estimate of drug-likeness (QED) is 0.879. The van der Waals surface area contributed by atoms with Gasteiger partial charge in [0.15, 0.2) is 0 Å². The first-order chi connectivity index (χ1) is 12.1. The number of H-pyrrole nitrogens is 1. The maximum Gasteiger partial charge on any atom is 0.219 e. The van der Waals surface area contributed by atoms with Crippen LogP contribution in [0.1, 0.15) is 46.0 Å². The molecule has 1 aromatic rings. The number of nitrogens with one attached hydrogen (secondary N) is 1. The number of carbonyl (C=O) groups excluding carboxylic acids is 1. The molecule has 1 saturated carbocycles. The molecule has 1 atom stereocenters. The Morgan fingerprint density at radius 3 is 2.92 bits per heavy atom. The lowest BCUT2D eigenvalue weighted by molar-refractivity contribution is -0.146. The highest BCUT2D eigenvalue weighted by Gasteiger charge is 2.48. The van der Waals surface area contributed by atoms with Gasteiger partial charge in [0, 0.05) is 37.8 Å². The Balaban J connectivity index is 1.64. The van der Waals surface area contributed by atoms with E-state index >= 15 is 0 Å². The minimum Gasteiger partial charge on any atom is -0.335 e. The lowest BCUT2D eigenvalue weighted by Crippen LogP contribution is -2.67. The molecule has 1 aliphatic heterocycles. The second-order valence-electron chi connectivity index (χ2n) is 7.70. The van der Waals surface area contributed by atoms with E-state index in [1.807, 2.05) is 6.20 Å². The second kappa shape index (κ2) is 6.45. The van der Waals surface area contributed by atoms with Gasteiger partial charge < -0.3 is 4.90 Å².